The number of ketones is 1. The Morgan fingerprint density at radius 1 is 1.00 bits per heavy atom. The van der Waals surface area contributed by atoms with E-state index < -0.39 is 24.7 Å². The van der Waals surface area contributed by atoms with Crippen molar-refractivity contribution in [2.75, 3.05) is 26.4 Å². The summed E-state index contributed by atoms with van der Waals surface area (Å²) in [5.74, 6) is -1.09. The lowest BCUT2D eigenvalue weighted by molar-refractivity contribution is -0.146. The maximum atomic E-state index is 12.6. The van der Waals surface area contributed by atoms with Crippen molar-refractivity contribution in [1.82, 2.24) is 10.6 Å². The first kappa shape index (κ1) is 23.4. The fourth-order valence-electron chi connectivity index (χ4n) is 3.25. The number of hydrogen-bond acceptors (Lipinski definition) is 7. The van der Waals surface area contributed by atoms with Crippen LogP contribution in [-0.2, 0) is 25.6 Å². The fraction of sp³-hybridized carbons (Fsp3) is 0.375. The molecule has 1 aliphatic rings. The minimum atomic E-state index is -1.09. The Balaban J connectivity index is 1.51. The van der Waals surface area contributed by atoms with Gasteiger partial charge in [0.15, 0.2) is 18.4 Å². The standard InChI is InChI=1S/C24H28N2O6/c27-22(19-10-5-2-6-11-19)17-31-23(28)21(16-30-15-20-12-7-13-25-20)26-24(29)32-14-18-8-3-1-4-9-18/h1-6,8-11,20-21,25H,7,12-17H2,(H,26,29)/t20-,21-/m0/s1. The Morgan fingerprint density at radius 2 is 1.72 bits per heavy atom. The Labute approximate surface area is 187 Å². The third kappa shape index (κ3) is 7.79. The van der Waals surface area contributed by atoms with E-state index in [9.17, 15) is 14.4 Å². The van der Waals surface area contributed by atoms with Crippen molar-refractivity contribution in [2.45, 2.75) is 31.5 Å². The van der Waals surface area contributed by atoms with Crippen LogP contribution < -0.4 is 10.6 Å². The van der Waals surface area contributed by atoms with E-state index in [0.29, 0.717) is 12.2 Å². The molecule has 2 aromatic carbocycles. The first-order valence-corrected chi connectivity index (χ1v) is 10.6. The van der Waals surface area contributed by atoms with Crippen LogP contribution in [0.5, 0.6) is 0 Å². The van der Waals surface area contributed by atoms with Gasteiger partial charge in [0.2, 0.25) is 0 Å². The number of esters is 1. The molecule has 0 aliphatic carbocycles. The number of alkyl carbamates (subject to hydrolysis) is 1. The number of amides is 1. The number of hydrogen-bond donors (Lipinski definition) is 2. The summed E-state index contributed by atoms with van der Waals surface area (Å²) in [6.45, 7) is 0.896. The molecule has 1 aliphatic heterocycles. The molecule has 8 heteroatoms. The predicted octanol–water partition coefficient (Wildman–Crippen LogP) is 2.48. The molecule has 170 valence electrons. The highest BCUT2D eigenvalue weighted by atomic mass is 16.6. The first-order valence-electron chi connectivity index (χ1n) is 10.6. The Bertz CT molecular complexity index is 869. The van der Waals surface area contributed by atoms with Gasteiger partial charge in [-0.15, -0.1) is 0 Å². The number of carbonyl (C=O) groups excluding carboxylic acids is 3. The minimum absolute atomic E-state index is 0.0633. The number of benzene rings is 2. The van der Waals surface area contributed by atoms with E-state index in [4.69, 9.17) is 14.2 Å². The van der Waals surface area contributed by atoms with Crippen molar-refractivity contribution < 1.29 is 28.6 Å². The number of nitrogens with one attached hydrogen (secondary N) is 2. The van der Waals surface area contributed by atoms with Crippen molar-refractivity contribution in [3.63, 3.8) is 0 Å². The quantitative estimate of drug-likeness (QED) is 0.409. The molecule has 1 amide bonds. The summed E-state index contributed by atoms with van der Waals surface area (Å²) in [6.07, 6.45) is 1.30. The third-order valence-corrected chi connectivity index (χ3v) is 5.00. The lowest BCUT2D eigenvalue weighted by Crippen LogP contribution is -2.46. The van der Waals surface area contributed by atoms with Crippen LogP contribution in [0.4, 0.5) is 4.79 Å². The topological polar surface area (TPSA) is 103 Å². The van der Waals surface area contributed by atoms with Crippen molar-refractivity contribution in [1.29, 1.82) is 0 Å². The van der Waals surface area contributed by atoms with E-state index in [0.717, 1.165) is 24.9 Å². The van der Waals surface area contributed by atoms with E-state index in [-0.39, 0.29) is 25.0 Å². The predicted molar refractivity (Wildman–Crippen MR) is 117 cm³/mol. The van der Waals surface area contributed by atoms with Crippen molar-refractivity contribution in [2.24, 2.45) is 0 Å². The zero-order chi connectivity index (χ0) is 22.6. The molecule has 2 N–H and O–H groups in total. The van der Waals surface area contributed by atoms with Gasteiger partial charge < -0.3 is 24.8 Å². The normalized spacial score (nSPS) is 16.2. The molecule has 1 heterocycles. The zero-order valence-corrected chi connectivity index (χ0v) is 17.8. The molecule has 0 unspecified atom stereocenters. The number of rotatable bonds is 11. The van der Waals surface area contributed by atoms with E-state index in [2.05, 4.69) is 10.6 Å². The number of carbonyl (C=O) groups is 3. The lowest BCUT2D eigenvalue weighted by atomic mass is 10.1. The van der Waals surface area contributed by atoms with Gasteiger partial charge in [-0.25, -0.2) is 9.59 Å². The highest BCUT2D eigenvalue weighted by Crippen LogP contribution is 2.07. The number of Topliss-reactive ketones (excluding diaryl/α,β-unsaturated/α-hetero) is 1. The smallest absolute Gasteiger partial charge is 0.408 e. The summed E-state index contributed by atoms with van der Waals surface area (Å²) in [4.78, 5) is 37.0. The van der Waals surface area contributed by atoms with Gasteiger partial charge in [-0.05, 0) is 24.9 Å². The summed E-state index contributed by atoms with van der Waals surface area (Å²) in [6, 6.07) is 16.9. The molecule has 32 heavy (non-hydrogen) atoms. The van der Waals surface area contributed by atoms with Crippen molar-refractivity contribution in [3.05, 3.63) is 71.8 Å². The summed E-state index contributed by atoms with van der Waals surface area (Å²) >= 11 is 0. The first-order chi connectivity index (χ1) is 15.6. The van der Waals surface area contributed by atoms with Crippen LogP contribution in [0.25, 0.3) is 0 Å². The summed E-state index contributed by atoms with van der Waals surface area (Å²) in [5, 5.41) is 5.78. The van der Waals surface area contributed by atoms with Gasteiger partial charge in [0.25, 0.3) is 0 Å². The Hall–Kier alpha value is -3.23. The molecular weight excluding hydrogens is 412 g/mol. The third-order valence-electron chi connectivity index (χ3n) is 5.00. The van der Waals surface area contributed by atoms with Crippen LogP contribution in [0.1, 0.15) is 28.8 Å². The van der Waals surface area contributed by atoms with Gasteiger partial charge >= 0.3 is 12.1 Å². The number of ether oxygens (including phenoxy) is 3. The van der Waals surface area contributed by atoms with Crippen LogP contribution in [0.15, 0.2) is 60.7 Å². The SMILES string of the molecule is O=C(N[C@@H](COC[C@@H]1CCCN1)C(=O)OCC(=O)c1ccccc1)OCc1ccccc1. The molecular formula is C24H28N2O6. The highest BCUT2D eigenvalue weighted by molar-refractivity contribution is 5.98. The molecule has 1 saturated heterocycles. The summed E-state index contributed by atoms with van der Waals surface area (Å²) in [5.41, 5.74) is 1.26. The Morgan fingerprint density at radius 3 is 2.41 bits per heavy atom. The van der Waals surface area contributed by atoms with Crippen LogP contribution in [-0.4, -0.2) is 56.3 Å². The molecule has 0 bridgehead atoms. The van der Waals surface area contributed by atoms with Gasteiger partial charge in [0.1, 0.15) is 6.61 Å². The van der Waals surface area contributed by atoms with Gasteiger partial charge in [0.05, 0.1) is 13.2 Å². The Kier molecular flexibility index (Phi) is 9.21. The van der Waals surface area contributed by atoms with Crippen LogP contribution in [0, 0.1) is 0 Å². The van der Waals surface area contributed by atoms with Crippen LogP contribution in [0.2, 0.25) is 0 Å². The second-order valence-corrected chi connectivity index (χ2v) is 7.49. The average Bonchev–Trinajstić information content (AvgIpc) is 3.35. The molecule has 0 radical (unpaired) electrons. The largest absolute Gasteiger partial charge is 0.456 e. The fourth-order valence-corrected chi connectivity index (χ4v) is 3.25. The maximum Gasteiger partial charge on any atom is 0.408 e. The lowest BCUT2D eigenvalue weighted by Gasteiger charge is -2.19. The molecule has 0 saturated carbocycles. The minimum Gasteiger partial charge on any atom is -0.456 e. The molecule has 2 aromatic rings. The summed E-state index contributed by atoms with van der Waals surface area (Å²) in [7, 11) is 0. The summed E-state index contributed by atoms with van der Waals surface area (Å²) < 4.78 is 16.0. The second kappa shape index (κ2) is 12.6. The molecule has 0 spiro atoms. The molecule has 0 aromatic heterocycles. The molecule has 3 rings (SSSR count). The highest BCUT2D eigenvalue weighted by Gasteiger charge is 2.25. The molecule has 1 fully saturated rings. The second-order valence-electron chi connectivity index (χ2n) is 7.49. The van der Waals surface area contributed by atoms with Crippen LogP contribution in [0.3, 0.4) is 0 Å². The van der Waals surface area contributed by atoms with Crippen LogP contribution >= 0.6 is 0 Å². The zero-order valence-electron chi connectivity index (χ0n) is 17.8. The van der Waals surface area contributed by atoms with Gasteiger partial charge in [-0.2, -0.15) is 0 Å². The monoisotopic (exact) mass is 440 g/mol. The van der Waals surface area contributed by atoms with Crippen molar-refractivity contribution >= 4 is 17.8 Å². The van der Waals surface area contributed by atoms with E-state index >= 15 is 0 Å². The molecule has 2 atom stereocenters. The van der Waals surface area contributed by atoms with Gasteiger partial charge in [-0.1, -0.05) is 60.7 Å². The average molecular weight is 440 g/mol. The van der Waals surface area contributed by atoms with Gasteiger partial charge in [-0.3, -0.25) is 4.79 Å². The van der Waals surface area contributed by atoms with Gasteiger partial charge in [0, 0.05) is 11.6 Å². The van der Waals surface area contributed by atoms with E-state index in [1.165, 1.54) is 0 Å². The maximum absolute atomic E-state index is 12.6. The van der Waals surface area contributed by atoms with E-state index in [1.54, 1.807) is 30.3 Å². The molecule has 8 nitrogen and oxygen atoms in total. The van der Waals surface area contributed by atoms with Crippen molar-refractivity contribution in [3.8, 4) is 0 Å². The van der Waals surface area contributed by atoms with E-state index in [1.807, 2.05) is 30.3 Å².